The van der Waals surface area contributed by atoms with Crippen LogP contribution in [0.1, 0.15) is 18.5 Å². The van der Waals surface area contributed by atoms with Gasteiger partial charge in [0, 0.05) is 10.0 Å². The first-order valence-electron chi connectivity index (χ1n) is 5.12. The number of hydrogen-bond acceptors (Lipinski definition) is 4. The second-order valence-corrected chi connectivity index (χ2v) is 5.28. The Morgan fingerprint density at radius 2 is 2.17 bits per heavy atom. The number of hydrogen-bond donors (Lipinski definition) is 2. The number of aromatic hydroxyl groups is 1. The molecule has 0 saturated carbocycles. The number of phenols is 1. The molecule has 0 fully saturated rings. The fourth-order valence-electron chi connectivity index (χ4n) is 1.37. The maximum atomic E-state index is 13.8. The van der Waals surface area contributed by atoms with Gasteiger partial charge in [0.15, 0.2) is 0 Å². The monoisotopic (exact) mass is 383 g/mol. The average molecular weight is 385 g/mol. The SMILES string of the molecule is CCOC(=O)C(F)[C@H](N)c1cc(Br)cc(Br)c1O. The van der Waals surface area contributed by atoms with Gasteiger partial charge in [-0.05, 0) is 35.0 Å². The lowest BCUT2D eigenvalue weighted by Crippen LogP contribution is -2.31. The Balaban J connectivity index is 3.03. The first-order chi connectivity index (χ1) is 8.38. The first-order valence-corrected chi connectivity index (χ1v) is 6.71. The van der Waals surface area contributed by atoms with Crippen molar-refractivity contribution in [3.63, 3.8) is 0 Å². The molecule has 0 saturated heterocycles. The summed E-state index contributed by atoms with van der Waals surface area (Å²) in [6, 6.07) is 1.75. The highest BCUT2D eigenvalue weighted by molar-refractivity contribution is 9.11. The number of rotatable bonds is 4. The minimum Gasteiger partial charge on any atom is -0.506 e. The maximum Gasteiger partial charge on any atom is 0.342 e. The summed E-state index contributed by atoms with van der Waals surface area (Å²) in [7, 11) is 0. The molecule has 1 aromatic rings. The van der Waals surface area contributed by atoms with E-state index in [0.717, 1.165) is 0 Å². The van der Waals surface area contributed by atoms with Crippen molar-refractivity contribution < 1.29 is 19.0 Å². The third-order valence-corrected chi connectivity index (χ3v) is 3.31. The fourth-order valence-corrected chi connectivity index (χ4v) is 2.62. The number of nitrogens with two attached hydrogens (primary N) is 1. The zero-order valence-corrected chi connectivity index (χ0v) is 12.7. The number of carbonyl (C=O) groups is 1. The smallest absolute Gasteiger partial charge is 0.342 e. The van der Waals surface area contributed by atoms with Crippen LogP contribution in [0, 0.1) is 0 Å². The van der Waals surface area contributed by atoms with Gasteiger partial charge in [-0.15, -0.1) is 0 Å². The van der Waals surface area contributed by atoms with Gasteiger partial charge in [0.2, 0.25) is 6.17 Å². The lowest BCUT2D eigenvalue weighted by atomic mass is 10.0. The molecule has 100 valence electrons. The highest BCUT2D eigenvalue weighted by Crippen LogP contribution is 2.36. The Hall–Kier alpha value is -0.660. The first kappa shape index (κ1) is 15.4. The number of benzene rings is 1. The molecular formula is C11H12Br2FNO3. The minimum absolute atomic E-state index is 0.0696. The summed E-state index contributed by atoms with van der Waals surface area (Å²) in [6.07, 6.45) is -2.03. The fraction of sp³-hybridized carbons (Fsp3) is 0.364. The summed E-state index contributed by atoms with van der Waals surface area (Å²) in [5.74, 6) is -1.24. The van der Waals surface area contributed by atoms with Crippen molar-refractivity contribution in [1.82, 2.24) is 0 Å². The van der Waals surface area contributed by atoms with Gasteiger partial charge in [0.1, 0.15) is 5.75 Å². The standard InChI is InChI=1S/C11H12Br2FNO3/c1-2-18-11(17)8(14)9(15)6-3-5(12)4-7(13)10(6)16/h3-4,8-9,16H,2,15H2,1H3/t8?,9-/m1/s1. The van der Waals surface area contributed by atoms with Crippen molar-refractivity contribution in [1.29, 1.82) is 0 Å². The molecule has 1 aromatic carbocycles. The van der Waals surface area contributed by atoms with E-state index in [2.05, 4.69) is 36.6 Å². The third-order valence-electron chi connectivity index (χ3n) is 2.24. The van der Waals surface area contributed by atoms with Gasteiger partial charge in [-0.3, -0.25) is 0 Å². The quantitative estimate of drug-likeness (QED) is 0.783. The van der Waals surface area contributed by atoms with E-state index in [1.54, 1.807) is 13.0 Å². The van der Waals surface area contributed by atoms with E-state index in [1.165, 1.54) is 6.07 Å². The van der Waals surface area contributed by atoms with Crippen LogP contribution in [-0.4, -0.2) is 23.9 Å². The Morgan fingerprint density at radius 3 is 2.72 bits per heavy atom. The summed E-state index contributed by atoms with van der Waals surface area (Å²) in [6.45, 7) is 1.64. The number of carbonyl (C=O) groups excluding carboxylic acids is 1. The van der Waals surface area contributed by atoms with Crippen LogP contribution in [-0.2, 0) is 9.53 Å². The van der Waals surface area contributed by atoms with Crippen molar-refractivity contribution in [2.75, 3.05) is 6.61 Å². The molecule has 3 N–H and O–H groups in total. The molecule has 18 heavy (non-hydrogen) atoms. The van der Waals surface area contributed by atoms with Crippen molar-refractivity contribution in [3.05, 3.63) is 26.6 Å². The predicted octanol–water partition coefficient (Wildman–Crippen LogP) is 2.82. The average Bonchev–Trinajstić information content (AvgIpc) is 2.32. The molecule has 4 nitrogen and oxygen atoms in total. The number of phenolic OH excluding ortho intramolecular Hbond substituents is 1. The van der Waals surface area contributed by atoms with Crippen LogP contribution in [0.4, 0.5) is 4.39 Å². The molecule has 1 unspecified atom stereocenters. The van der Waals surface area contributed by atoms with E-state index in [-0.39, 0.29) is 17.9 Å². The van der Waals surface area contributed by atoms with Crippen molar-refractivity contribution in [2.24, 2.45) is 5.73 Å². The number of alkyl halides is 1. The predicted molar refractivity (Wildman–Crippen MR) is 72.0 cm³/mol. The second kappa shape index (κ2) is 6.49. The molecule has 0 aliphatic carbocycles. The molecule has 7 heteroatoms. The number of esters is 1. The lowest BCUT2D eigenvalue weighted by molar-refractivity contribution is -0.149. The van der Waals surface area contributed by atoms with Crippen molar-refractivity contribution >= 4 is 37.8 Å². The molecule has 0 heterocycles. The van der Waals surface area contributed by atoms with Gasteiger partial charge >= 0.3 is 5.97 Å². The van der Waals surface area contributed by atoms with Crippen LogP contribution in [0.25, 0.3) is 0 Å². The van der Waals surface area contributed by atoms with Gasteiger partial charge in [0.05, 0.1) is 17.1 Å². The van der Waals surface area contributed by atoms with Crippen LogP contribution in [0.15, 0.2) is 21.1 Å². The number of halogens is 3. The Kier molecular flexibility index (Phi) is 5.55. The van der Waals surface area contributed by atoms with E-state index in [4.69, 9.17) is 5.73 Å². The van der Waals surface area contributed by atoms with E-state index in [9.17, 15) is 14.3 Å². The molecule has 0 amide bonds. The van der Waals surface area contributed by atoms with Gasteiger partial charge in [-0.1, -0.05) is 15.9 Å². The summed E-state index contributed by atoms with van der Waals surface area (Å²) in [4.78, 5) is 11.3. The summed E-state index contributed by atoms with van der Waals surface area (Å²) >= 11 is 6.30. The van der Waals surface area contributed by atoms with E-state index in [0.29, 0.717) is 8.95 Å². The zero-order valence-electron chi connectivity index (χ0n) is 9.49. The zero-order chi connectivity index (χ0) is 13.9. The maximum absolute atomic E-state index is 13.8. The van der Waals surface area contributed by atoms with Crippen molar-refractivity contribution in [2.45, 2.75) is 19.1 Å². The topological polar surface area (TPSA) is 72.5 Å². The van der Waals surface area contributed by atoms with Crippen LogP contribution in [0.2, 0.25) is 0 Å². The van der Waals surface area contributed by atoms with Crippen LogP contribution in [0.3, 0.4) is 0 Å². The molecule has 0 aromatic heterocycles. The van der Waals surface area contributed by atoms with Crippen LogP contribution >= 0.6 is 31.9 Å². The molecule has 0 bridgehead atoms. The Morgan fingerprint density at radius 1 is 1.56 bits per heavy atom. The summed E-state index contributed by atoms with van der Waals surface area (Å²) in [5, 5.41) is 9.79. The van der Waals surface area contributed by atoms with E-state index in [1.807, 2.05) is 0 Å². The van der Waals surface area contributed by atoms with Gasteiger partial charge in [-0.25, -0.2) is 9.18 Å². The van der Waals surface area contributed by atoms with Gasteiger partial charge in [0.25, 0.3) is 0 Å². The third kappa shape index (κ3) is 3.43. The Labute approximate surface area is 121 Å². The van der Waals surface area contributed by atoms with E-state index >= 15 is 0 Å². The van der Waals surface area contributed by atoms with Crippen LogP contribution < -0.4 is 5.73 Å². The minimum atomic E-state index is -2.03. The Bertz CT molecular complexity index is 456. The van der Waals surface area contributed by atoms with E-state index < -0.39 is 18.2 Å². The van der Waals surface area contributed by atoms with Gasteiger partial charge in [-0.2, -0.15) is 0 Å². The molecule has 0 radical (unpaired) electrons. The van der Waals surface area contributed by atoms with Gasteiger partial charge < -0.3 is 15.6 Å². The lowest BCUT2D eigenvalue weighted by Gasteiger charge is -2.18. The molecule has 0 spiro atoms. The second-order valence-electron chi connectivity index (χ2n) is 3.51. The highest BCUT2D eigenvalue weighted by atomic mass is 79.9. The highest BCUT2D eigenvalue weighted by Gasteiger charge is 2.30. The molecule has 0 aliphatic heterocycles. The largest absolute Gasteiger partial charge is 0.506 e. The van der Waals surface area contributed by atoms with Crippen LogP contribution in [0.5, 0.6) is 5.75 Å². The molecule has 0 aliphatic rings. The summed E-state index contributed by atoms with van der Waals surface area (Å²) in [5.41, 5.74) is 5.75. The number of ether oxygens (including phenoxy) is 1. The molecule has 1 rings (SSSR count). The van der Waals surface area contributed by atoms with Crippen molar-refractivity contribution in [3.8, 4) is 5.75 Å². The molecule has 2 atom stereocenters. The summed E-state index contributed by atoms with van der Waals surface area (Å²) < 4.78 is 19.3. The molecular weight excluding hydrogens is 373 g/mol. The normalized spacial score (nSPS) is 14.1.